The van der Waals surface area contributed by atoms with Crippen molar-refractivity contribution in [1.29, 1.82) is 0 Å². The van der Waals surface area contributed by atoms with Crippen molar-refractivity contribution in [3.63, 3.8) is 0 Å². The molecule has 0 amide bonds. The lowest BCUT2D eigenvalue weighted by atomic mass is 10.2. The highest BCUT2D eigenvalue weighted by molar-refractivity contribution is 6.01. The van der Waals surface area contributed by atoms with Gasteiger partial charge in [-0.15, -0.1) is 0 Å². The summed E-state index contributed by atoms with van der Waals surface area (Å²) in [5.74, 6) is 0.438. The van der Waals surface area contributed by atoms with Crippen LogP contribution in [0, 0.1) is 6.92 Å². The third-order valence-corrected chi connectivity index (χ3v) is 2.63. The molecular weight excluding hydrogens is 224 g/mol. The van der Waals surface area contributed by atoms with Crippen LogP contribution in [0.1, 0.15) is 19.0 Å². The van der Waals surface area contributed by atoms with Crippen molar-refractivity contribution < 1.29 is 0 Å². The minimum absolute atomic E-state index is 0.438. The van der Waals surface area contributed by atoms with Crippen LogP contribution in [0.5, 0.6) is 0 Å². The molecule has 0 saturated heterocycles. The molecule has 2 aromatic rings. The van der Waals surface area contributed by atoms with E-state index in [0.717, 1.165) is 35.2 Å². The highest BCUT2D eigenvalue weighted by Gasteiger charge is 2.03. The first kappa shape index (κ1) is 12.4. The van der Waals surface area contributed by atoms with Gasteiger partial charge in [0, 0.05) is 17.6 Å². The van der Waals surface area contributed by atoms with E-state index in [4.69, 9.17) is 5.73 Å². The maximum absolute atomic E-state index is 5.83. The van der Waals surface area contributed by atoms with E-state index in [2.05, 4.69) is 28.3 Å². The zero-order chi connectivity index (χ0) is 13.0. The Balaban J connectivity index is 2.36. The molecule has 0 unspecified atom stereocenters. The Morgan fingerprint density at radius 1 is 1.33 bits per heavy atom. The normalized spacial score (nSPS) is 11.8. The second kappa shape index (κ2) is 5.49. The molecule has 1 aromatic carbocycles. The highest BCUT2D eigenvalue weighted by atomic mass is 15.1. The van der Waals surface area contributed by atoms with E-state index < -0.39 is 0 Å². The number of rotatable bonds is 3. The average Bonchev–Trinajstić information content (AvgIpc) is 2.37. The largest absolute Gasteiger partial charge is 0.370 e. The number of benzene rings is 1. The van der Waals surface area contributed by atoms with Crippen molar-refractivity contribution in [2.24, 2.45) is 10.7 Å². The lowest BCUT2D eigenvalue weighted by Crippen LogP contribution is -2.23. The van der Waals surface area contributed by atoms with Gasteiger partial charge >= 0.3 is 0 Å². The molecule has 0 aliphatic heterocycles. The summed E-state index contributed by atoms with van der Waals surface area (Å²) in [6, 6.07) is 10.0. The number of nitrogens with two attached hydrogens (primary N) is 1. The summed E-state index contributed by atoms with van der Waals surface area (Å²) in [5.41, 5.74) is 8.64. The van der Waals surface area contributed by atoms with Crippen LogP contribution in [0.25, 0.3) is 10.9 Å². The van der Waals surface area contributed by atoms with Gasteiger partial charge in [0.15, 0.2) is 5.96 Å². The quantitative estimate of drug-likeness (QED) is 0.642. The van der Waals surface area contributed by atoms with Gasteiger partial charge in [0.25, 0.3) is 0 Å². The van der Waals surface area contributed by atoms with Gasteiger partial charge in [0.2, 0.25) is 0 Å². The molecule has 4 heteroatoms. The number of para-hydroxylation sites is 1. The van der Waals surface area contributed by atoms with Gasteiger partial charge in [-0.25, -0.2) is 0 Å². The predicted octanol–water partition coefficient (Wildman–Crippen LogP) is 2.68. The van der Waals surface area contributed by atoms with E-state index in [1.54, 1.807) is 0 Å². The number of aryl methyl sites for hydroxylation is 1. The minimum atomic E-state index is 0.438. The van der Waals surface area contributed by atoms with Gasteiger partial charge in [0.1, 0.15) is 0 Å². The van der Waals surface area contributed by atoms with Crippen molar-refractivity contribution in [3.05, 3.63) is 36.0 Å². The summed E-state index contributed by atoms with van der Waals surface area (Å²) >= 11 is 0. The van der Waals surface area contributed by atoms with Gasteiger partial charge in [-0.1, -0.05) is 25.1 Å². The zero-order valence-corrected chi connectivity index (χ0v) is 10.8. The number of hydrogen-bond donors (Lipinski definition) is 2. The lowest BCUT2D eigenvalue weighted by molar-refractivity contribution is 0.929. The van der Waals surface area contributed by atoms with Crippen LogP contribution in [0.2, 0.25) is 0 Å². The Hall–Kier alpha value is -2.10. The highest BCUT2D eigenvalue weighted by Crippen LogP contribution is 2.21. The Morgan fingerprint density at radius 2 is 2.17 bits per heavy atom. The van der Waals surface area contributed by atoms with Gasteiger partial charge in [-0.3, -0.25) is 9.98 Å². The third-order valence-electron chi connectivity index (χ3n) is 2.63. The number of nitrogens with one attached hydrogen (secondary N) is 1. The second-order valence-electron chi connectivity index (χ2n) is 4.22. The summed E-state index contributed by atoms with van der Waals surface area (Å²) in [6.45, 7) is 4.78. The number of pyridine rings is 1. The summed E-state index contributed by atoms with van der Waals surface area (Å²) in [4.78, 5) is 8.76. The molecule has 3 N–H and O–H groups in total. The molecule has 94 valence electrons. The van der Waals surface area contributed by atoms with Crippen LogP contribution in [0.4, 0.5) is 5.69 Å². The van der Waals surface area contributed by atoms with Crippen LogP contribution < -0.4 is 11.1 Å². The molecule has 0 radical (unpaired) electrons. The molecule has 0 aliphatic rings. The van der Waals surface area contributed by atoms with Crippen molar-refractivity contribution in [1.82, 2.24) is 4.98 Å². The third kappa shape index (κ3) is 2.77. The van der Waals surface area contributed by atoms with Crippen molar-refractivity contribution in [2.45, 2.75) is 20.3 Å². The zero-order valence-electron chi connectivity index (χ0n) is 10.8. The van der Waals surface area contributed by atoms with E-state index in [0.29, 0.717) is 5.96 Å². The fourth-order valence-corrected chi connectivity index (χ4v) is 1.76. The van der Waals surface area contributed by atoms with Gasteiger partial charge < -0.3 is 11.1 Å². The summed E-state index contributed by atoms with van der Waals surface area (Å²) in [5, 5.41) is 4.20. The number of aliphatic imine (C=N–C) groups is 1. The molecule has 0 bridgehead atoms. The van der Waals surface area contributed by atoms with Crippen LogP contribution >= 0.6 is 0 Å². The molecule has 0 atom stereocenters. The first-order chi connectivity index (χ1) is 8.70. The molecule has 18 heavy (non-hydrogen) atoms. The molecule has 1 heterocycles. The van der Waals surface area contributed by atoms with E-state index in [9.17, 15) is 0 Å². The topological polar surface area (TPSA) is 63.3 Å². The van der Waals surface area contributed by atoms with Gasteiger partial charge in [0.05, 0.1) is 11.2 Å². The van der Waals surface area contributed by atoms with Gasteiger partial charge in [-0.2, -0.15) is 0 Å². The van der Waals surface area contributed by atoms with E-state index in [1.807, 2.05) is 31.2 Å². The van der Waals surface area contributed by atoms with Crippen LogP contribution in [0.15, 0.2) is 35.3 Å². The van der Waals surface area contributed by atoms with Crippen molar-refractivity contribution >= 4 is 22.5 Å². The fraction of sp³-hybridized carbons (Fsp3) is 0.286. The number of guanidine groups is 1. The number of fused-ring (bicyclic) bond motifs is 1. The predicted molar refractivity (Wildman–Crippen MR) is 76.9 cm³/mol. The number of nitrogens with zero attached hydrogens (tertiary/aromatic N) is 2. The maximum Gasteiger partial charge on any atom is 0.193 e. The Kier molecular flexibility index (Phi) is 3.77. The molecule has 1 aromatic heterocycles. The minimum Gasteiger partial charge on any atom is -0.370 e. The molecule has 0 spiro atoms. The first-order valence-electron chi connectivity index (χ1n) is 6.14. The summed E-state index contributed by atoms with van der Waals surface area (Å²) < 4.78 is 0. The van der Waals surface area contributed by atoms with E-state index in [-0.39, 0.29) is 0 Å². The molecule has 4 nitrogen and oxygen atoms in total. The first-order valence-corrected chi connectivity index (χ1v) is 6.14. The Morgan fingerprint density at radius 3 is 2.94 bits per heavy atom. The SMILES string of the molecule is CCCN=C(N)Nc1cccc2ccc(C)nc12. The van der Waals surface area contributed by atoms with Crippen LogP contribution in [-0.2, 0) is 0 Å². The summed E-state index contributed by atoms with van der Waals surface area (Å²) in [7, 11) is 0. The molecule has 2 rings (SSSR count). The van der Waals surface area contributed by atoms with Crippen LogP contribution in [0.3, 0.4) is 0 Å². The lowest BCUT2D eigenvalue weighted by Gasteiger charge is -2.08. The van der Waals surface area contributed by atoms with E-state index in [1.165, 1.54) is 0 Å². The van der Waals surface area contributed by atoms with Crippen LogP contribution in [-0.4, -0.2) is 17.5 Å². The smallest absolute Gasteiger partial charge is 0.193 e. The molecule has 0 fully saturated rings. The maximum atomic E-state index is 5.83. The average molecular weight is 242 g/mol. The molecular formula is C14H18N4. The number of anilines is 1. The number of hydrogen-bond acceptors (Lipinski definition) is 2. The van der Waals surface area contributed by atoms with Gasteiger partial charge in [-0.05, 0) is 25.5 Å². The Bertz CT molecular complexity index is 575. The summed E-state index contributed by atoms with van der Waals surface area (Å²) in [6.07, 6.45) is 0.981. The van der Waals surface area contributed by atoms with Crippen molar-refractivity contribution in [3.8, 4) is 0 Å². The number of aromatic nitrogens is 1. The monoisotopic (exact) mass is 242 g/mol. The van der Waals surface area contributed by atoms with Crippen molar-refractivity contribution in [2.75, 3.05) is 11.9 Å². The fourth-order valence-electron chi connectivity index (χ4n) is 1.76. The molecule has 0 saturated carbocycles. The van der Waals surface area contributed by atoms with E-state index >= 15 is 0 Å². The standard InChI is InChI=1S/C14H18N4/c1-3-9-16-14(15)18-12-6-4-5-11-8-7-10(2)17-13(11)12/h4-8H,3,9H2,1-2H3,(H3,15,16,18). The molecule has 0 aliphatic carbocycles. The Labute approximate surface area is 107 Å². The second-order valence-corrected chi connectivity index (χ2v) is 4.22.